The second-order valence-corrected chi connectivity index (χ2v) is 18.1. The molecule has 2 aliphatic carbocycles. The summed E-state index contributed by atoms with van der Waals surface area (Å²) >= 11 is 0. The van der Waals surface area contributed by atoms with E-state index in [2.05, 4.69) is 21.3 Å². The van der Waals surface area contributed by atoms with Gasteiger partial charge in [0.1, 0.15) is 12.1 Å². The molecule has 12 nitrogen and oxygen atoms in total. The van der Waals surface area contributed by atoms with Gasteiger partial charge in [-0.3, -0.25) is 19.2 Å². The van der Waals surface area contributed by atoms with Crippen molar-refractivity contribution in [3.05, 3.63) is 0 Å². The number of ketones is 1. The van der Waals surface area contributed by atoms with Gasteiger partial charge in [0.05, 0.1) is 22.6 Å². The van der Waals surface area contributed by atoms with Crippen LogP contribution in [0.5, 0.6) is 0 Å². The van der Waals surface area contributed by atoms with Gasteiger partial charge in [-0.15, -0.1) is 0 Å². The Morgan fingerprint density at radius 1 is 0.796 bits per heavy atom. The molecule has 1 unspecified atom stereocenters. The predicted octanol–water partition coefficient (Wildman–Crippen LogP) is 3.66. The highest BCUT2D eigenvalue weighted by Crippen LogP contribution is 2.40. The molecule has 49 heavy (non-hydrogen) atoms. The maximum Gasteiger partial charge on any atom is 0.315 e. The van der Waals surface area contributed by atoms with E-state index in [1.807, 2.05) is 13.8 Å². The average molecular weight is 706 g/mol. The molecule has 0 aromatic carbocycles. The summed E-state index contributed by atoms with van der Waals surface area (Å²) in [6.45, 7) is 4.37. The van der Waals surface area contributed by atoms with Crippen LogP contribution in [0.15, 0.2) is 0 Å². The number of Topliss-reactive ketones (excluding diaryl/α,β-unsaturated/α-hetero) is 1. The summed E-state index contributed by atoms with van der Waals surface area (Å²) in [5.41, 5.74) is -0.856. The monoisotopic (exact) mass is 705 g/mol. The molecule has 0 spiro atoms. The molecule has 0 bridgehead atoms. The zero-order valence-electron chi connectivity index (χ0n) is 29.6. The molecule has 0 radical (unpaired) electrons. The zero-order valence-corrected chi connectivity index (χ0v) is 30.4. The molecule has 3 saturated heterocycles. The van der Waals surface area contributed by atoms with Crippen LogP contribution in [0.4, 0.5) is 4.79 Å². The quantitative estimate of drug-likeness (QED) is 0.293. The Morgan fingerprint density at radius 3 is 2.04 bits per heavy atom. The van der Waals surface area contributed by atoms with Crippen LogP contribution in [-0.4, -0.2) is 90.1 Å². The summed E-state index contributed by atoms with van der Waals surface area (Å²) < 4.78 is 26.2. The van der Waals surface area contributed by atoms with Crippen LogP contribution < -0.4 is 21.3 Å². The topological polar surface area (TPSA) is 171 Å². The number of fused-ring (bicyclic) bond motifs is 1. The van der Waals surface area contributed by atoms with Gasteiger partial charge in [-0.05, 0) is 69.6 Å². The van der Waals surface area contributed by atoms with Crippen molar-refractivity contribution in [2.24, 2.45) is 11.8 Å². The molecular weight excluding hydrogens is 646 g/mol. The van der Waals surface area contributed by atoms with Gasteiger partial charge in [-0.1, -0.05) is 78.1 Å². The highest BCUT2D eigenvalue weighted by atomic mass is 32.2. The van der Waals surface area contributed by atoms with E-state index < -0.39 is 62.4 Å². The molecule has 5 fully saturated rings. The minimum absolute atomic E-state index is 0.0174. The summed E-state index contributed by atoms with van der Waals surface area (Å²) in [5.74, 6) is -2.05. The molecule has 3 heterocycles. The molecule has 2 saturated carbocycles. The van der Waals surface area contributed by atoms with E-state index >= 15 is 0 Å². The minimum Gasteiger partial charge on any atom is -0.347 e. The fourth-order valence-corrected chi connectivity index (χ4v) is 11.2. The van der Waals surface area contributed by atoms with Gasteiger partial charge < -0.3 is 26.2 Å². The van der Waals surface area contributed by atoms with Crippen LogP contribution in [0.2, 0.25) is 0 Å². The number of amides is 5. The Morgan fingerprint density at radius 2 is 1.43 bits per heavy atom. The van der Waals surface area contributed by atoms with Crippen LogP contribution in [0.25, 0.3) is 0 Å². The number of hydrogen-bond acceptors (Lipinski definition) is 7. The van der Waals surface area contributed by atoms with Gasteiger partial charge >= 0.3 is 6.03 Å². The van der Waals surface area contributed by atoms with Crippen LogP contribution >= 0.6 is 0 Å². The van der Waals surface area contributed by atoms with E-state index in [0.29, 0.717) is 57.9 Å². The number of sulfone groups is 1. The number of carbonyl (C=O) groups excluding carboxylic acids is 5. The number of nitrogens with one attached hydrogen (secondary N) is 4. The highest BCUT2D eigenvalue weighted by Gasteiger charge is 2.50. The standard InChI is InChI=1S/C36H59N5O7S/c1-24(2)26-19-22-41-30(26)32(43)38-27(31(42)33(44)37-25-17-18-25)14-9-6-4-3-5-7-10-15-28(34(41)45)39-35(46)40-36(20-11-8-12-21-36)29-16-13-23-49(29,47)48/h24-30H,3-23H2,1-2H3,(H,37,44)(H,38,43)(H2,39,40,46)/t26-,27+,28+,29?,30+/m1/s1. The highest BCUT2D eigenvalue weighted by molar-refractivity contribution is 7.92. The Labute approximate surface area is 292 Å². The molecule has 276 valence electrons. The molecule has 5 aliphatic rings. The number of rotatable bonds is 7. The first kappa shape index (κ1) is 37.6. The Kier molecular flexibility index (Phi) is 12.7. The molecule has 5 amide bonds. The van der Waals surface area contributed by atoms with Crippen LogP contribution in [-0.2, 0) is 29.0 Å². The Balaban J connectivity index is 1.37. The van der Waals surface area contributed by atoms with Crippen LogP contribution in [0, 0.1) is 11.8 Å². The molecule has 5 rings (SSSR count). The first-order valence-electron chi connectivity index (χ1n) is 19.2. The van der Waals surface area contributed by atoms with Gasteiger partial charge in [0.2, 0.25) is 17.6 Å². The molecule has 0 aromatic rings. The van der Waals surface area contributed by atoms with E-state index in [1.165, 1.54) is 0 Å². The fraction of sp³-hybridized carbons (Fsp3) is 0.861. The van der Waals surface area contributed by atoms with Crippen molar-refractivity contribution >= 4 is 39.4 Å². The summed E-state index contributed by atoms with van der Waals surface area (Å²) in [6, 6.07) is -3.23. The first-order chi connectivity index (χ1) is 23.4. The van der Waals surface area contributed by atoms with Crippen LogP contribution in [0.1, 0.15) is 136 Å². The fourth-order valence-electron chi connectivity index (χ4n) is 8.85. The molecule has 0 aromatic heterocycles. The van der Waals surface area contributed by atoms with Crippen LogP contribution in [0.3, 0.4) is 0 Å². The summed E-state index contributed by atoms with van der Waals surface area (Å²) in [4.78, 5) is 70.0. The summed E-state index contributed by atoms with van der Waals surface area (Å²) in [7, 11) is -3.34. The maximum absolute atomic E-state index is 14.4. The van der Waals surface area contributed by atoms with E-state index in [0.717, 1.165) is 70.6 Å². The SMILES string of the molecule is CC(C)[C@H]1CCN2C(=O)[C@@H](NC(=O)NC3(C4CCCS4(=O)=O)CCCCC3)CCCCCCCCC[C@@H](C(=O)C(=O)NC3CC3)NC(=O)[C@H]12. The maximum atomic E-state index is 14.4. The van der Waals surface area contributed by atoms with Gasteiger partial charge in [-0.2, -0.15) is 0 Å². The lowest BCUT2D eigenvalue weighted by Crippen LogP contribution is -2.63. The largest absolute Gasteiger partial charge is 0.347 e. The van der Waals surface area contributed by atoms with Crippen molar-refractivity contribution in [3.63, 3.8) is 0 Å². The number of urea groups is 1. The first-order valence-corrected chi connectivity index (χ1v) is 20.9. The number of carbonyl (C=O) groups is 5. The third kappa shape index (κ3) is 9.35. The molecule has 3 aliphatic heterocycles. The zero-order chi connectivity index (χ0) is 35.2. The molecule has 4 N–H and O–H groups in total. The van der Waals surface area contributed by atoms with E-state index in [-0.39, 0.29) is 29.5 Å². The van der Waals surface area contributed by atoms with Gasteiger partial charge in [0.15, 0.2) is 9.84 Å². The lowest BCUT2D eigenvalue weighted by atomic mass is 9.78. The van der Waals surface area contributed by atoms with E-state index in [1.54, 1.807) is 4.90 Å². The van der Waals surface area contributed by atoms with Gasteiger partial charge in [-0.25, -0.2) is 13.2 Å². The number of nitrogens with zero attached hydrogens (tertiary/aromatic N) is 1. The van der Waals surface area contributed by atoms with E-state index in [9.17, 15) is 32.4 Å². The lowest BCUT2D eigenvalue weighted by Gasteiger charge is -2.42. The number of hydrogen-bond donors (Lipinski definition) is 4. The molecule has 13 heteroatoms. The van der Waals surface area contributed by atoms with Crippen molar-refractivity contribution in [1.29, 1.82) is 0 Å². The molecular formula is C36H59N5O7S. The third-order valence-corrected chi connectivity index (χ3v) is 14.2. The van der Waals surface area contributed by atoms with Gasteiger partial charge in [0.25, 0.3) is 5.91 Å². The second kappa shape index (κ2) is 16.5. The minimum atomic E-state index is -3.34. The second-order valence-electron chi connectivity index (χ2n) is 15.8. The van der Waals surface area contributed by atoms with Crippen molar-refractivity contribution in [2.45, 2.75) is 171 Å². The lowest BCUT2D eigenvalue weighted by molar-refractivity contribution is -0.143. The normalized spacial score (nSPS) is 31.4. The van der Waals surface area contributed by atoms with Crippen molar-refractivity contribution in [1.82, 2.24) is 26.2 Å². The average Bonchev–Trinajstić information content (AvgIpc) is 3.62. The molecule has 5 atom stereocenters. The van der Waals surface area contributed by atoms with Gasteiger partial charge in [0, 0.05) is 12.6 Å². The third-order valence-electron chi connectivity index (χ3n) is 11.8. The van der Waals surface area contributed by atoms with Crippen molar-refractivity contribution in [3.8, 4) is 0 Å². The smallest absolute Gasteiger partial charge is 0.315 e. The van der Waals surface area contributed by atoms with Crippen molar-refractivity contribution < 1.29 is 32.4 Å². The van der Waals surface area contributed by atoms with Crippen molar-refractivity contribution in [2.75, 3.05) is 12.3 Å². The summed E-state index contributed by atoms with van der Waals surface area (Å²) in [6.07, 6.45) is 14.1. The Hall–Kier alpha value is -2.70. The summed E-state index contributed by atoms with van der Waals surface area (Å²) in [5, 5.41) is 11.1. The predicted molar refractivity (Wildman–Crippen MR) is 186 cm³/mol. The van der Waals surface area contributed by atoms with E-state index in [4.69, 9.17) is 0 Å². The Bertz CT molecular complexity index is 1330.